The summed E-state index contributed by atoms with van der Waals surface area (Å²) in [5.41, 5.74) is 5.57. The zero-order valence-corrected chi connectivity index (χ0v) is 14.1. The molecule has 0 aliphatic heterocycles. The Bertz CT molecular complexity index is 639. The van der Waals surface area contributed by atoms with Gasteiger partial charge in [0.1, 0.15) is 5.82 Å². The molecule has 2 heteroatoms. The smallest absolute Gasteiger partial charge is 0.129 e. The van der Waals surface area contributed by atoms with E-state index in [0.717, 1.165) is 11.1 Å². The van der Waals surface area contributed by atoms with Gasteiger partial charge in [-0.15, -0.1) is 0 Å². The Morgan fingerprint density at radius 3 is 2.52 bits per heavy atom. The van der Waals surface area contributed by atoms with E-state index in [-0.39, 0.29) is 10.6 Å². The van der Waals surface area contributed by atoms with Gasteiger partial charge in [-0.05, 0) is 60.9 Å². The van der Waals surface area contributed by atoms with Gasteiger partial charge in [0.2, 0.25) is 0 Å². The average Bonchev–Trinajstić information content (AvgIpc) is 2.51. The number of alkyl halides is 1. The molecule has 0 radical (unpaired) electrons. The van der Waals surface area contributed by atoms with Gasteiger partial charge >= 0.3 is 0 Å². The van der Waals surface area contributed by atoms with Crippen molar-refractivity contribution in [2.75, 3.05) is 0 Å². The molecule has 2 unspecified atom stereocenters. The van der Waals surface area contributed by atoms with Crippen molar-refractivity contribution >= 4 is 15.9 Å². The molecular weight excluding hydrogens is 327 g/mol. The number of hydrogen-bond acceptors (Lipinski definition) is 0. The number of hydrogen-bond donors (Lipinski definition) is 0. The van der Waals surface area contributed by atoms with Crippen molar-refractivity contribution in [3.63, 3.8) is 0 Å². The quantitative estimate of drug-likeness (QED) is 0.585. The molecule has 2 aromatic rings. The van der Waals surface area contributed by atoms with Crippen LogP contribution in [0.4, 0.5) is 4.39 Å². The van der Waals surface area contributed by atoms with Gasteiger partial charge in [-0.25, -0.2) is 4.39 Å². The molecule has 0 spiro atoms. The minimum atomic E-state index is -0.0810. The van der Waals surface area contributed by atoms with Crippen LogP contribution >= 0.6 is 15.9 Å². The number of aryl methyl sites for hydroxylation is 3. The molecule has 2 atom stereocenters. The fourth-order valence-electron chi connectivity index (χ4n) is 3.47. The summed E-state index contributed by atoms with van der Waals surface area (Å²) in [5.74, 6) is 0.390. The first-order chi connectivity index (χ1) is 10.1. The van der Waals surface area contributed by atoms with Crippen LogP contribution in [0.2, 0.25) is 0 Å². The van der Waals surface area contributed by atoms with Crippen molar-refractivity contribution in [1.82, 2.24) is 0 Å². The van der Waals surface area contributed by atoms with Gasteiger partial charge in [0, 0.05) is 10.7 Å². The highest BCUT2D eigenvalue weighted by Crippen LogP contribution is 2.45. The van der Waals surface area contributed by atoms with Crippen molar-refractivity contribution in [1.29, 1.82) is 0 Å². The highest BCUT2D eigenvalue weighted by molar-refractivity contribution is 9.09. The second kappa shape index (κ2) is 5.92. The molecule has 0 saturated carbocycles. The number of benzene rings is 2. The van der Waals surface area contributed by atoms with Crippen LogP contribution in [0.25, 0.3) is 0 Å². The number of fused-ring (bicyclic) bond motifs is 1. The van der Waals surface area contributed by atoms with Crippen LogP contribution < -0.4 is 0 Å². The van der Waals surface area contributed by atoms with Crippen LogP contribution in [0.3, 0.4) is 0 Å². The van der Waals surface area contributed by atoms with E-state index < -0.39 is 0 Å². The third-order valence-electron chi connectivity index (χ3n) is 4.55. The highest BCUT2D eigenvalue weighted by atomic mass is 79.9. The van der Waals surface area contributed by atoms with Gasteiger partial charge in [-0.3, -0.25) is 0 Å². The van der Waals surface area contributed by atoms with Crippen LogP contribution in [-0.4, -0.2) is 0 Å². The lowest BCUT2D eigenvalue weighted by atomic mass is 9.79. The topological polar surface area (TPSA) is 0 Å². The normalized spacial score (nSPS) is 19.1. The summed E-state index contributed by atoms with van der Waals surface area (Å²) < 4.78 is 13.8. The summed E-state index contributed by atoms with van der Waals surface area (Å²) in [6.45, 7) is 3.70. The van der Waals surface area contributed by atoms with E-state index in [9.17, 15) is 4.39 Å². The van der Waals surface area contributed by atoms with Gasteiger partial charge in [0.05, 0.1) is 0 Å². The summed E-state index contributed by atoms with van der Waals surface area (Å²) in [4.78, 5) is 0.247. The lowest BCUT2D eigenvalue weighted by Gasteiger charge is -2.30. The molecule has 3 rings (SSSR count). The molecule has 21 heavy (non-hydrogen) atoms. The molecule has 0 heterocycles. The monoisotopic (exact) mass is 346 g/mol. The minimum absolute atomic E-state index is 0.0810. The van der Waals surface area contributed by atoms with Crippen LogP contribution in [-0.2, 0) is 6.42 Å². The van der Waals surface area contributed by atoms with Crippen molar-refractivity contribution in [2.45, 2.75) is 43.9 Å². The van der Waals surface area contributed by atoms with Crippen LogP contribution in [0.1, 0.15) is 51.4 Å². The van der Waals surface area contributed by atoms with E-state index in [1.807, 2.05) is 26.0 Å². The average molecular weight is 347 g/mol. The first kappa shape index (κ1) is 14.8. The Morgan fingerprint density at radius 1 is 1.14 bits per heavy atom. The van der Waals surface area contributed by atoms with Crippen LogP contribution in [0.5, 0.6) is 0 Å². The molecule has 1 aliphatic rings. The van der Waals surface area contributed by atoms with Crippen LogP contribution in [0, 0.1) is 19.7 Å². The second-order valence-electron chi connectivity index (χ2n) is 6.07. The Morgan fingerprint density at radius 2 is 1.81 bits per heavy atom. The van der Waals surface area contributed by atoms with E-state index in [2.05, 4.69) is 40.2 Å². The molecule has 0 saturated heterocycles. The first-order valence-corrected chi connectivity index (χ1v) is 8.48. The van der Waals surface area contributed by atoms with Crippen molar-refractivity contribution < 1.29 is 4.39 Å². The van der Waals surface area contributed by atoms with Gasteiger partial charge in [0.15, 0.2) is 0 Å². The summed E-state index contributed by atoms with van der Waals surface area (Å²) in [7, 11) is 0. The summed E-state index contributed by atoms with van der Waals surface area (Å²) in [5, 5.41) is 0. The lowest BCUT2D eigenvalue weighted by Crippen LogP contribution is -2.14. The van der Waals surface area contributed by atoms with Crippen molar-refractivity contribution in [2.24, 2.45) is 0 Å². The molecular formula is C19H20BrF. The highest BCUT2D eigenvalue weighted by Gasteiger charge is 2.27. The zero-order valence-electron chi connectivity index (χ0n) is 12.5. The fraction of sp³-hybridized carbons (Fsp3) is 0.368. The Kier molecular flexibility index (Phi) is 4.17. The fourth-order valence-corrected chi connectivity index (χ4v) is 4.28. The molecule has 0 aromatic heterocycles. The molecule has 0 nitrogen and oxygen atoms in total. The lowest BCUT2D eigenvalue weighted by molar-refractivity contribution is 0.545. The molecule has 2 aromatic carbocycles. The van der Waals surface area contributed by atoms with Gasteiger partial charge < -0.3 is 0 Å². The number of halogens is 2. The predicted molar refractivity (Wildman–Crippen MR) is 89.7 cm³/mol. The minimum Gasteiger partial charge on any atom is -0.206 e. The maximum atomic E-state index is 13.8. The molecule has 0 fully saturated rings. The van der Waals surface area contributed by atoms with Gasteiger partial charge in [-0.1, -0.05) is 52.3 Å². The van der Waals surface area contributed by atoms with Crippen molar-refractivity contribution in [3.05, 3.63) is 70.0 Å². The first-order valence-electron chi connectivity index (χ1n) is 7.56. The van der Waals surface area contributed by atoms with Crippen molar-refractivity contribution in [3.8, 4) is 0 Å². The Balaban J connectivity index is 1.98. The second-order valence-corrected chi connectivity index (χ2v) is 7.05. The van der Waals surface area contributed by atoms with E-state index in [0.29, 0.717) is 5.92 Å². The summed E-state index contributed by atoms with van der Waals surface area (Å²) in [6.07, 6.45) is 3.58. The molecule has 1 aliphatic carbocycles. The van der Waals surface area contributed by atoms with Gasteiger partial charge in [-0.2, -0.15) is 0 Å². The predicted octanol–water partition coefficient (Wildman–Crippen LogP) is 6.00. The standard InChI is InChI=1S/C19H20BrF/c1-12-10-15(11-13(2)19(12)21)18(20)17-9-5-7-14-6-3-4-8-16(14)17/h3-4,6,8,10-11,17-18H,5,7,9H2,1-2H3. The SMILES string of the molecule is Cc1cc(C(Br)C2CCCc3ccccc32)cc(C)c1F. The third kappa shape index (κ3) is 2.78. The molecule has 0 bridgehead atoms. The number of rotatable bonds is 2. The van der Waals surface area contributed by atoms with E-state index in [1.54, 1.807) is 0 Å². The third-order valence-corrected chi connectivity index (χ3v) is 5.71. The Labute approximate surface area is 134 Å². The Hall–Kier alpha value is -1.15. The summed E-state index contributed by atoms with van der Waals surface area (Å²) in [6, 6.07) is 12.7. The van der Waals surface area contributed by atoms with Crippen LogP contribution in [0.15, 0.2) is 36.4 Å². The summed E-state index contributed by atoms with van der Waals surface area (Å²) >= 11 is 3.89. The molecule has 0 N–H and O–H groups in total. The van der Waals surface area contributed by atoms with E-state index in [1.165, 1.54) is 36.0 Å². The van der Waals surface area contributed by atoms with Gasteiger partial charge in [0.25, 0.3) is 0 Å². The zero-order chi connectivity index (χ0) is 15.0. The van der Waals surface area contributed by atoms with E-state index in [4.69, 9.17) is 0 Å². The maximum Gasteiger partial charge on any atom is 0.129 e. The maximum absolute atomic E-state index is 13.8. The van der Waals surface area contributed by atoms with E-state index >= 15 is 0 Å². The molecule has 0 amide bonds. The molecule has 110 valence electrons. The largest absolute Gasteiger partial charge is 0.206 e.